The lowest BCUT2D eigenvalue weighted by Gasteiger charge is -2.26. The Morgan fingerprint density at radius 2 is 1.96 bits per heavy atom. The summed E-state index contributed by atoms with van der Waals surface area (Å²) in [6.07, 6.45) is 7.35. The number of hydrogen-bond donors (Lipinski definition) is 1. The molecule has 1 saturated carbocycles. The van der Waals surface area contributed by atoms with Gasteiger partial charge in [0, 0.05) is 12.1 Å². The first-order valence-electron chi connectivity index (χ1n) is 8.09. The summed E-state index contributed by atoms with van der Waals surface area (Å²) in [5, 5.41) is 2.99. The number of carbonyl (C=O) groups is 1. The highest BCUT2D eigenvalue weighted by atomic mass is 19.3. The Bertz CT molecular complexity index is 582. The van der Waals surface area contributed by atoms with Crippen molar-refractivity contribution in [3.05, 3.63) is 29.8 Å². The van der Waals surface area contributed by atoms with Gasteiger partial charge in [-0.05, 0) is 55.4 Å². The number of amides is 1. The highest BCUT2D eigenvalue weighted by Gasteiger charge is 2.18. The van der Waals surface area contributed by atoms with E-state index in [9.17, 15) is 13.6 Å². The van der Waals surface area contributed by atoms with Gasteiger partial charge in [0.15, 0.2) is 11.5 Å². The Labute approximate surface area is 140 Å². The quantitative estimate of drug-likeness (QED) is 0.797. The van der Waals surface area contributed by atoms with Crippen LogP contribution in [0.25, 0.3) is 6.08 Å². The van der Waals surface area contributed by atoms with E-state index in [2.05, 4.69) is 17.0 Å². The monoisotopic (exact) mass is 339 g/mol. The minimum Gasteiger partial charge on any atom is -0.493 e. The molecule has 0 saturated heterocycles. The van der Waals surface area contributed by atoms with Crippen LogP contribution < -0.4 is 14.8 Å². The zero-order chi connectivity index (χ0) is 17.5. The van der Waals surface area contributed by atoms with Crippen molar-refractivity contribution < 1.29 is 23.0 Å². The second kappa shape index (κ2) is 8.66. The summed E-state index contributed by atoms with van der Waals surface area (Å²) in [6, 6.07) is 4.76. The molecule has 1 fully saturated rings. The summed E-state index contributed by atoms with van der Waals surface area (Å²) in [4.78, 5) is 12.0. The van der Waals surface area contributed by atoms with Gasteiger partial charge in [0.2, 0.25) is 5.91 Å². The minimum atomic E-state index is -2.91. The molecule has 1 aliphatic carbocycles. The third kappa shape index (κ3) is 5.51. The Balaban J connectivity index is 1.94. The first kappa shape index (κ1) is 18.2. The van der Waals surface area contributed by atoms with Crippen LogP contribution in [0.1, 0.15) is 38.2 Å². The van der Waals surface area contributed by atoms with E-state index in [4.69, 9.17) is 4.74 Å². The molecule has 1 aliphatic rings. The van der Waals surface area contributed by atoms with Crippen LogP contribution in [-0.4, -0.2) is 25.7 Å². The molecule has 0 radical (unpaired) electrons. The van der Waals surface area contributed by atoms with Crippen LogP contribution in [0, 0.1) is 5.92 Å². The maximum Gasteiger partial charge on any atom is 0.387 e. The summed E-state index contributed by atoms with van der Waals surface area (Å²) < 4.78 is 34.0. The van der Waals surface area contributed by atoms with Gasteiger partial charge in [0.25, 0.3) is 0 Å². The summed E-state index contributed by atoms with van der Waals surface area (Å²) in [6.45, 7) is -0.684. The molecule has 1 N–H and O–H groups in total. The molecule has 24 heavy (non-hydrogen) atoms. The molecular formula is C18H23F2NO3. The molecular weight excluding hydrogens is 316 g/mol. The van der Waals surface area contributed by atoms with Gasteiger partial charge in [-0.2, -0.15) is 8.78 Å². The van der Waals surface area contributed by atoms with E-state index < -0.39 is 6.61 Å². The fourth-order valence-corrected chi connectivity index (χ4v) is 2.81. The van der Waals surface area contributed by atoms with E-state index in [1.165, 1.54) is 19.3 Å². The van der Waals surface area contributed by atoms with Crippen LogP contribution in [0.15, 0.2) is 24.3 Å². The predicted molar refractivity (Wildman–Crippen MR) is 88.2 cm³/mol. The van der Waals surface area contributed by atoms with Crippen LogP contribution in [0.5, 0.6) is 11.5 Å². The molecule has 0 heterocycles. The van der Waals surface area contributed by atoms with Crippen molar-refractivity contribution in [2.24, 2.45) is 5.92 Å². The van der Waals surface area contributed by atoms with Gasteiger partial charge in [-0.1, -0.05) is 13.0 Å². The van der Waals surface area contributed by atoms with Crippen molar-refractivity contribution >= 4 is 12.0 Å². The van der Waals surface area contributed by atoms with Gasteiger partial charge in [0.1, 0.15) is 0 Å². The maximum atomic E-state index is 12.3. The highest BCUT2D eigenvalue weighted by Crippen LogP contribution is 2.30. The number of rotatable bonds is 6. The Morgan fingerprint density at radius 3 is 2.58 bits per heavy atom. The van der Waals surface area contributed by atoms with Crippen LogP contribution in [-0.2, 0) is 4.79 Å². The molecule has 0 aliphatic heterocycles. The van der Waals surface area contributed by atoms with E-state index >= 15 is 0 Å². The molecule has 0 atom stereocenters. The standard InChI is InChI=1S/C18H23F2NO3/c1-12-3-7-14(8-4-12)21-17(22)10-6-13-5-9-15(24-18(19)20)16(11-13)23-2/h5-6,9-12,14,18H,3-4,7-8H2,1-2H3,(H,21,22)/b10-6+. The molecule has 0 bridgehead atoms. The van der Waals surface area contributed by atoms with E-state index in [0.29, 0.717) is 5.56 Å². The summed E-state index contributed by atoms with van der Waals surface area (Å²) in [5.74, 6) is 0.737. The topological polar surface area (TPSA) is 47.6 Å². The van der Waals surface area contributed by atoms with Crippen molar-refractivity contribution in [3.63, 3.8) is 0 Å². The number of carbonyl (C=O) groups excluding carboxylic acids is 1. The molecule has 1 aromatic rings. The number of benzene rings is 1. The third-order valence-corrected chi connectivity index (χ3v) is 4.19. The first-order valence-corrected chi connectivity index (χ1v) is 8.09. The van der Waals surface area contributed by atoms with Crippen LogP contribution in [0.4, 0.5) is 8.78 Å². The Hall–Kier alpha value is -2.11. The lowest BCUT2D eigenvalue weighted by Crippen LogP contribution is -2.36. The number of halogens is 2. The lowest BCUT2D eigenvalue weighted by atomic mass is 9.87. The third-order valence-electron chi connectivity index (χ3n) is 4.19. The molecule has 0 aromatic heterocycles. The smallest absolute Gasteiger partial charge is 0.387 e. The van der Waals surface area contributed by atoms with E-state index in [1.54, 1.807) is 18.2 Å². The van der Waals surface area contributed by atoms with Gasteiger partial charge in [-0.3, -0.25) is 4.79 Å². The largest absolute Gasteiger partial charge is 0.493 e. The van der Waals surface area contributed by atoms with Crippen LogP contribution in [0.3, 0.4) is 0 Å². The second-order valence-electron chi connectivity index (χ2n) is 6.09. The molecule has 132 valence electrons. The number of ether oxygens (including phenoxy) is 2. The lowest BCUT2D eigenvalue weighted by molar-refractivity contribution is -0.117. The van der Waals surface area contributed by atoms with Crippen LogP contribution in [0.2, 0.25) is 0 Å². The maximum absolute atomic E-state index is 12.3. The SMILES string of the molecule is COc1cc(/C=C/C(=O)NC2CCC(C)CC2)ccc1OC(F)F. The highest BCUT2D eigenvalue weighted by molar-refractivity contribution is 5.92. The van der Waals surface area contributed by atoms with Gasteiger partial charge < -0.3 is 14.8 Å². The average Bonchev–Trinajstić information content (AvgIpc) is 2.55. The fourth-order valence-electron chi connectivity index (χ4n) is 2.81. The molecule has 4 nitrogen and oxygen atoms in total. The fraction of sp³-hybridized carbons (Fsp3) is 0.500. The number of nitrogens with one attached hydrogen (secondary N) is 1. The average molecular weight is 339 g/mol. The van der Waals surface area contributed by atoms with Gasteiger partial charge >= 0.3 is 6.61 Å². The summed E-state index contributed by atoms with van der Waals surface area (Å²) >= 11 is 0. The number of alkyl halides is 2. The molecule has 1 aromatic carbocycles. The van der Waals surface area contributed by atoms with E-state index in [1.807, 2.05) is 0 Å². The minimum absolute atomic E-state index is 0.0366. The van der Waals surface area contributed by atoms with Crippen molar-refractivity contribution in [2.45, 2.75) is 45.3 Å². The number of hydrogen-bond acceptors (Lipinski definition) is 3. The van der Waals surface area contributed by atoms with Gasteiger partial charge in [0.05, 0.1) is 7.11 Å². The van der Waals surface area contributed by atoms with Crippen molar-refractivity contribution in [1.29, 1.82) is 0 Å². The first-order chi connectivity index (χ1) is 11.5. The van der Waals surface area contributed by atoms with Crippen LogP contribution >= 0.6 is 0 Å². The molecule has 0 unspecified atom stereocenters. The second-order valence-corrected chi connectivity index (χ2v) is 6.09. The normalized spacial score (nSPS) is 21.0. The van der Waals surface area contributed by atoms with Crippen molar-refractivity contribution in [1.82, 2.24) is 5.32 Å². The van der Waals surface area contributed by atoms with E-state index in [0.717, 1.165) is 31.6 Å². The van der Waals surface area contributed by atoms with Crippen molar-refractivity contribution in [2.75, 3.05) is 7.11 Å². The van der Waals surface area contributed by atoms with Gasteiger partial charge in [-0.25, -0.2) is 0 Å². The summed E-state index contributed by atoms with van der Waals surface area (Å²) in [7, 11) is 1.37. The number of methoxy groups -OCH3 is 1. The summed E-state index contributed by atoms with van der Waals surface area (Å²) in [5.41, 5.74) is 0.667. The van der Waals surface area contributed by atoms with E-state index in [-0.39, 0.29) is 23.4 Å². The molecule has 0 spiro atoms. The zero-order valence-corrected chi connectivity index (χ0v) is 13.9. The molecule has 1 amide bonds. The Morgan fingerprint density at radius 1 is 1.25 bits per heavy atom. The van der Waals surface area contributed by atoms with Crippen molar-refractivity contribution in [3.8, 4) is 11.5 Å². The molecule has 2 rings (SSSR count). The Kier molecular flexibility index (Phi) is 6.58. The molecule has 6 heteroatoms. The predicted octanol–water partition coefficient (Wildman–Crippen LogP) is 4.00. The zero-order valence-electron chi connectivity index (χ0n) is 13.9. The van der Waals surface area contributed by atoms with Gasteiger partial charge in [-0.15, -0.1) is 0 Å².